The highest BCUT2D eigenvalue weighted by molar-refractivity contribution is 7.09. The van der Waals surface area contributed by atoms with Crippen LogP contribution in [0.3, 0.4) is 0 Å². The fraction of sp³-hybridized carbons (Fsp3) is 0.333. The topological polar surface area (TPSA) is 30.5 Å². The Balaban J connectivity index is 2.07. The Bertz CT molecular complexity index is 511. The highest BCUT2D eigenvalue weighted by Crippen LogP contribution is 2.29. The first-order valence-electron chi connectivity index (χ1n) is 6.22. The summed E-state index contributed by atoms with van der Waals surface area (Å²) < 4.78 is 10.6. The van der Waals surface area contributed by atoms with Gasteiger partial charge in [0.1, 0.15) is 11.5 Å². The van der Waals surface area contributed by atoms with Crippen molar-refractivity contribution in [2.75, 3.05) is 14.2 Å². The van der Waals surface area contributed by atoms with Gasteiger partial charge in [0, 0.05) is 29.1 Å². The van der Waals surface area contributed by atoms with Crippen molar-refractivity contribution in [1.29, 1.82) is 0 Å². The third kappa shape index (κ3) is 3.49. The third-order valence-electron chi connectivity index (χ3n) is 3.07. The molecule has 102 valence electrons. The first kappa shape index (κ1) is 13.9. The maximum atomic E-state index is 5.43. The van der Waals surface area contributed by atoms with Gasteiger partial charge in [-0.05, 0) is 24.4 Å². The van der Waals surface area contributed by atoms with E-state index in [9.17, 15) is 0 Å². The molecule has 1 aromatic heterocycles. The molecule has 0 amide bonds. The van der Waals surface area contributed by atoms with E-state index in [0.29, 0.717) is 0 Å². The average Bonchev–Trinajstić information content (AvgIpc) is 2.97. The standard InChI is InChI=1S/C15H19NO2S/c1-11(16-10-13-5-4-8-19-13)14-7-6-12(17-2)9-15(14)18-3/h4-9,11,16H,10H2,1-3H3. The molecule has 0 spiro atoms. The molecule has 0 fully saturated rings. The van der Waals surface area contributed by atoms with Crippen molar-refractivity contribution in [1.82, 2.24) is 5.32 Å². The number of ether oxygens (including phenoxy) is 2. The molecule has 0 saturated heterocycles. The van der Waals surface area contributed by atoms with Gasteiger partial charge in [-0.2, -0.15) is 0 Å². The third-order valence-corrected chi connectivity index (χ3v) is 3.95. The summed E-state index contributed by atoms with van der Waals surface area (Å²) in [6.07, 6.45) is 0. The number of thiophene rings is 1. The molecule has 1 aromatic carbocycles. The van der Waals surface area contributed by atoms with Crippen LogP contribution in [0.15, 0.2) is 35.7 Å². The van der Waals surface area contributed by atoms with Crippen molar-refractivity contribution in [2.45, 2.75) is 19.5 Å². The Labute approximate surface area is 118 Å². The van der Waals surface area contributed by atoms with Gasteiger partial charge in [0.2, 0.25) is 0 Å². The number of methoxy groups -OCH3 is 2. The highest BCUT2D eigenvalue weighted by Gasteiger charge is 2.12. The summed E-state index contributed by atoms with van der Waals surface area (Å²) in [6.45, 7) is 3.01. The lowest BCUT2D eigenvalue weighted by Gasteiger charge is -2.17. The Morgan fingerprint density at radius 1 is 1.21 bits per heavy atom. The van der Waals surface area contributed by atoms with Gasteiger partial charge in [0.05, 0.1) is 14.2 Å². The summed E-state index contributed by atoms with van der Waals surface area (Å²) in [7, 11) is 3.34. The van der Waals surface area contributed by atoms with Crippen molar-refractivity contribution in [2.24, 2.45) is 0 Å². The summed E-state index contributed by atoms with van der Waals surface area (Å²) in [5, 5.41) is 5.60. The molecule has 0 aliphatic rings. The summed E-state index contributed by atoms with van der Waals surface area (Å²) in [6, 6.07) is 10.3. The highest BCUT2D eigenvalue weighted by atomic mass is 32.1. The van der Waals surface area contributed by atoms with Crippen molar-refractivity contribution in [3.63, 3.8) is 0 Å². The van der Waals surface area contributed by atoms with Gasteiger partial charge < -0.3 is 14.8 Å². The number of hydrogen-bond donors (Lipinski definition) is 1. The summed E-state index contributed by atoms with van der Waals surface area (Å²) in [5.41, 5.74) is 1.14. The second-order valence-corrected chi connectivity index (χ2v) is 5.32. The van der Waals surface area contributed by atoms with Crippen LogP contribution in [-0.4, -0.2) is 14.2 Å². The smallest absolute Gasteiger partial charge is 0.127 e. The lowest BCUT2D eigenvalue weighted by atomic mass is 10.1. The Morgan fingerprint density at radius 3 is 2.68 bits per heavy atom. The van der Waals surface area contributed by atoms with E-state index in [2.05, 4.69) is 29.8 Å². The minimum absolute atomic E-state index is 0.225. The zero-order valence-electron chi connectivity index (χ0n) is 11.5. The first-order chi connectivity index (χ1) is 9.24. The van der Waals surface area contributed by atoms with Gasteiger partial charge in [0.15, 0.2) is 0 Å². The van der Waals surface area contributed by atoms with Gasteiger partial charge in [-0.25, -0.2) is 0 Å². The van der Waals surface area contributed by atoms with Crippen LogP contribution in [0.4, 0.5) is 0 Å². The number of rotatable bonds is 6. The SMILES string of the molecule is COc1ccc(C(C)NCc2cccs2)c(OC)c1. The van der Waals surface area contributed by atoms with Crippen LogP contribution >= 0.6 is 11.3 Å². The van der Waals surface area contributed by atoms with E-state index in [1.807, 2.05) is 18.2 Å². The Hall–Kier alpha value is -1.52. The molecule has 3 nitrogen and oxygen atoms in total. The van der Waals surface area contributed by atoms with Crippen LogP contribution in [0.25, 0.3) is 0 Å². The molecule has 0 radical (unpaired) electrons. The maximum absolute atomic E-state index is 5.43. The van der Waals surface area contributed by atoms with Gasteiger partial charge >= 0.3 is 0 Å². The normalized spacial score (nSPS) is 12.2. The molecule has 0 bridgehead atoms. The zero-order valence-corrected chi connectivity index (χ0v) is 12.3. The van der Waals surface area contributed by atoms with E-state index in [-0.39, 0.29) is 6.04 Å². The number of benzene rings is 1. The molecule has 0 saturated carbocycles. The summed E-state index contributed by atoms with van der Waals surface area (Å²) >= 11 is 1.76. The monoisotopic (exact) mass is 277 g/mol. The van der Waals surface area contributed by atoms with Gasteiger partial charge in [-0.3, -0.25) is 0 Å². The number of nitrogens with one attached hydrogen (secondary N) is 1. The molecule has 2 aromatic rings. The molecular weight excluding hydrogens is 258 g/mol. The predicted molar refractivity (Wildman–Crippen MR) is 79.1 cm³/mol. The molecule has 1 unspecified atom stereocenters. The van der Waals surface area contributed by atoms with Crippen LogP contribution in [-0.2, 0) is 6.54 Å². The van der Waals surface area contributed by atoms with E-state index < -0.39 is 0 Å². The summed E-state index contributed by atoms with van der Waals surface area (Å²) in [4.78, 5) is 1.33. The van der Waals surface area contributed by atoms with Gasteiger partial charge in [0.25, 0.3) is 0 Å². The van der Waals surface area contributed by atoms with Crippen molar-refractivity contribution < 1.29 is 9.47 Å². The molecule has 1 N–H and O–H groups in total. The van der Waals surface area contributed by atoms with Crippen LogP contribution in [0.2, 0.25) is 0 Å². The fourth-order valence-electron chi connectivity index (χ4n) is 1.95. The molecule has 0 aliphatic carbocycles. The average molecular weight is 277 g/mol. The lowest BCUT2D eigenvalue weighted by Crippen LogP contribution is -2.18. The lowest BCUT2D eigenvalue weighted by molar-refractivity contribution is 0.386. The molecule has 1 heterocycles. The second kappa shape index (κ2) is 6.59. The molecule has 4 heteroatoms. The van der Waals surface area contributed by atoms with Crippen LogP contribution in [0.1, 0.15) is 23.4 Å². The first-order valence-corrected chi connectivity index (χ1v) is 7.10. The molecule has 1 atom stereocenters. The van der Waals surface area contributed by atoms with Crippen LogP contribution < -0.4 is 14.8 Å². The predicted octanol–water partition coefficient (Wildman–Crippen LogP) is 3.62. The molecule has 2 rings (SSSR count). The second-order valence-electron chi connectivity index (χ2n) is 4.29. The van der Waals surface area contributed by atoms with Crippen molar-refractivity contribution in [3.05, 3.63) is 46.2 Å². The molecule has 19 heavy (non-hydrogen) atoms. The zero-order chi connectivity index (χ0) is 13.7. The summed E-state index contributed by atoms with van der Waals surface area (Å²) in [5.74, 6) is 1.66. The fourth-order valence-corrected chi connectivity index (χ4v) is 2.61. The molecule has 0 aliphatic heterocycles. The maximum Gasteiger partial charge on any atom is 0.127 e. The Morgan fingerprint density at radius 2 is 2.05 bits per heavy atom. The van der Waals surface area contributed by atoms with Crippen molar-refractivity contribution in [3.8, 4) is 11.5 Å². The van der Waals surface area contributed by atoms with E-state index in [1.165, 1.54) is 4.88 Å². The number of hydrogen-bond acceptors (Lipinski definition) is 4. The van der Waals surface area contributed by atoms with Crippen LogP contribution in [0.5, 0.6) is 11.5 Å². The molecular formula is C15H19NO2S. The Kier molecular flexibility index (Phi) is 4.82. The van der Waals surface area contributed by atoms with Gasteiger partial charge in [-0.15, -0.1) is 11.3 Å². The minimum Gasteiger partial charge on any atom is -0.497 e. The van der Waals surface area contributed by atoms with Gasteiger partial charge in [-0.1, -0.05) is 12.1 Å². The van der Waals surface area contributed by atoms with E-state index in [4.69, 9.17) is 9.47 Å². The minimum atomic E-state index is 0.225. The quantitative estimate of drug-likeness (QED) is 0.875. The largest absolute Gasteiger partial charge is 0.497 e. The van der Waals surface area contributed by atoms with Crippen molar-refractivity contribution >= 4 is 11.3 Å². The van der Waals surface area contributed by atoms with E-state index in [1.54, 1.807) is 25.6 Å². The van der Waals surface area contributed by atoms with Crippen LogP contribution in [0, 0.1) is 0 Å². The van der Waals surface area contributed by atoms with E-state index in [0.717, 1.165) is 23.6 Å². The van der Waals surface area contributed by atoms with E-state index >= 15 is 0 Å².